The number of ether oxygens (including phenoxy) is 3. The molecule has 0 spiro atoms. The van der Waals surface area contributed by atoms with Gasteiger partial charge < -0.3 is 28.8 Å². The monoisotopic (exact) mass is 527 g/mol. The number of methoxy groups -OCH3 is 3. The third-order valence-corrected chi connectivity index (χ3v) is 6.96. The molecule has 1 fully saturated rings. The molecule has 0 bridgehead atoms. The van der Waals surface area contributed by atoms with Crippen molar-refractivity contribution in [3.63, 3.8) is 0 Å². The Morgan fingerprint density at radius 1 is 0.897 bits per heavy atom. The number of imidazole rings is 1. The Bertz CT molecular complexity index is 1560. The standard InChI is InChI=1S/C30H29N3O6/c1-37-23-9-7-19-15-22(6-5-20(19)16-23)28(34)26-27(21-8-10-24(38-2)25(17-21)39-3)33(30(36)29(26)35)13-4-12-32-14-11-31-18-32/h5-11,14-18,27,34H,4,12-13H2,1-3H3/b28-26+. The largest absolute Gasteiger partial charge is 0.507 e. The van der Waals surface area contributed by atoms with Crippen molar-refractivity contribution in [1.82, 2.24) is 14.5 Å². The van der Waals surface area contributed by atoms with Crippen LogP contribution in [-0.2, 0) is 16.1 Å². The molecule has 3 aromatic carbocycles. The van der Waals surface area contributed by atoms with E-state index in [4.69, 9.17) is 14.2 Å². The minimum absolute atomic E-state index is 0.0303. The Morgan fingerprint density at radius 3 is 2.38 bits per heavy atom. The van der Waals surface area contributed by atoms with E-state index in [2.05, 4.69) is 4.98 Å². The van der Waals surface area contributed by atoms with Crippen molar-refractivity contribution in [3.8, 4) is 17.2 Å². The highest BCUT2D eigenvalue weighted by Crippen LogP contribution is 2.42. The molecule has 1 amide bonds. The summed E-state index contributed by atoms with van der Waals surface area (Å²) < 4.78 is 18.1. The first-order valence-corrected chi connectivity index (χ1v) is 12.5. The number of nitrogens with zero attached hydrogens (tertiary/aromatic N) is 3. The summed E-state index contributed by atoms with van der Waals surface area (Å²) in [6, 6.07) is 15.4. The quantitative estimate of drug-likeness (QED) is 0.193. The van der Waals surface area contributed by atoms with Crippen molar-refractivity contribution in [3.05, 3.63) is 90.0 Å². The summed E-state index contributed by atoms with van der Waals surface area (Å²) >= 11 is 0. The van der Waals surface area contributed by atoms with Gasteiger partial charge >= 0.3 is 0 Å². The van der Waals surface area contributed by atoms with Crippen LogP contribution in [0, 0.1) is 0 Å². The molecule has 5 rings (SSSR count). The SMILES string of the molecule is COc1ccc2cc(/C(O)=C3\C(=O)C(=O)N(CCCn4ccnc4)C3c3ccc(OC)c(OC)c3)ccc2c1. The zero-order valence-electron chi connectivity index (χ0n) is 22.0. The summed E-state index contributed by atoms with van der Waals surface area (Å²) in [6.07, 6.45) is 5.82. The molecular weight excluding hydrogens is 498 g/mol. The predicted molar refractivity (Wildman–Crippen MR) is 146 cm³/mol. The summed E-state index contributed by atoms with van der Waals surface area (Å²) in [5, 5.41) is 13.3. The molecule has 39 heavy (non-hydrogen) atoms. The van der Waals surface area contributed by atoms with E-state index in [-0.39, 0.29) is 11.3 Å². The van der Waals surface area contributed by atoms with E-state index in [0.717, 1.165) is 10.8 Å². The van der Waals surface area contributed by atoms with Gasteiger partial charge in [-0.15, -0.1) is 0 Å². The maximum absolute atomic E-state index is 13.4. The lowest BCUT2D eigenvalue weighted by Gasteiger charge is -2.26. The summed E-state index contributed by atoms with van der Waals surface area (Å²) in [4.78, 5) is 32.3. The Labute approximate surface area is 225 Å². The van der Waals surface area contributed by atoms with Crippen LogP contribution in [0.1, 0.15) is 23.6 Å². The number of Topliss-reactive ketones (excluding diaryl/α,β-unsaturated/α-hetero) is 1. The average Bonchev–Trinajstić information content (AvgIpc) is 3.58. The Kier molecular flexibility index (Phi) is 7.23. The van der Waals surface area contributed by atoms with Crippen LogP contribution in [0.2, 0.25) is 0 Å². The molecule has 1 N–H and O–H groups in total. The van der Waals surface area contributed by atoms with Crippen LogP contribution in [0.4, 0.5) is 0 Å². The van der Waals surface area contributed by atoms with E-state index < -0.39 is 17.7 Å². The Morgan fingerprint density at radius 2 is 1.67 bits per heavy atom. The van der Waals surface area contributed by atoms with E-state index in [1.807, 2.05) is 35.0 Å². The summed E-state index contributed by atoms with van der Waals surface area (Å²) in [7, 11) is 4.66. The van der Waals surface area contributed by atoms with Gasteiger partial charge in [0.2, 0.25) is 0 Å². The van der Waals surface area contributed by atoms with Gasteiger partial charge in [-0.05, 0) is 53.1 Å². The zero-order chi connectivity index (χ0) is 27.5. The highest BCUT2D eigenvalue weighted by atomic mass is 16.5. The highest BCUT2D eigenvalue weighted by Gasteiger charge is 2.46. The van der Waals surface area contributed by atoms with Crippen LogP contribution in [0.5, 0.6) is 17.2 Å². The molecule has 4 aromatic rings. The molecular formula is C30H29N3O6. The number of amides is 1. The number of carbonyl (C=O) groups is 2. The number of aromatic nitrogens is 2. The van der Waals surface area contributed by atoms with Crippen LogP contribution in [0.3, 0.4) is 0 Å². The van der Waals surface area contributed by atoms with Crippen LogP contribution in [0.15, 0.2) is 78.9 Å². The Balaban J connectivity index is 1.59. The smallest absolute Gasteiger partial charge is 0.295 e. The molecule has 1 unspecified atom stereocenters. The van der Waals surface area contributed by atoms with Crippen molar-refractivity contribution in [2.24, 2.45) is 0 Å². The van der Waals surface area contributed by atoms with Crippen molar-refractivity contribution in [1.29, 1.82) is 0 Å². The van der Waals surface area contributed by atoms with E-state index in [1.165, 1.54) is 19.1 Å². The third kappa shape index (κ3) is 4.90. The molecule has 9 heteroatoms. The van der Waals surface area contributed by atoms with Crippen molar-refractivity contribution in [2.75, 3.05) is 27.9 Å². The number of likely N-dealkylation sites (tertiary alicyclic amines) is 1. The van der Waals surface area contributed by atoms with Gasteiger partial charge in [-0.1, -0.05) is 24.3 Å². The van der Waals surface area contributed by atoms with E-state index in [0.29, 0.717) is 47.9 Å². The molecule has 9 nitrogen and oxygen atoms in total. The molecule has 1 aromatic heterocycles. The first-order chi connectivity index (χ1) is 18.9. The molecule has 1 atom stereocenters. The number of fused-ring (bicyclic) bond motifs is 1. The number of ketones is 1. The van der Waals surface area contributed by atoms with Gasteiger partial charge in [-0.25, -0.2) is 4.98 Å². The van der Waals surface area contributed by atoms with Gasteiger partial charge in [0.25, 0.3) is 11.7 Å². The number of hydrogen-bond acceptors (Lipinski definition) is 7. The second-order valence-electron chi connectivity index (χ2n) is 9.19. The maximum Gasteiger partial charge on any atom is 0.295 e. The van der Waals surface area contributed by atoms with Gasteiger partial charge in [0.15, 0.2) is 11.5 Å². The zero-order valence-corrected chi connectivity index (χ0v) is 22.0. The molecule has 200 valence electrons. The van der Waals surface area contributed by atoms with Crippen molar-refractivity contribution < 1.29 is 28.9 Å². The van der Waals surface area contributed by atoms with Gasteiger partial charge in [0, 0.05) is 31.0 Å². The van der Waals surface area contributed by atoms with Crippen LogP contribution < -0.4 is 14.2 Å². The minimum atomic E-state index is -0.806. The van der Waals surface area contributed by atoms with Crippen LogP contribution in [-0.4, -0.2) is 59.1 Å². The normalized spacial score (nSPS) is 16.6. The fraction of sp³-hybridized carbons (Fsp3) is 0.233. The lowest BCUT2D eigenvalue weighted by molar-refractivity contribution is -0.139. The third-order valence-electron chi connectivity index (χ3n) is 6.96. The fourth-order valence-corrected chi connectivity index (χ4v) is 4.98. The van der Waals surface area contributed by atoms with E-state index >= 15 is 0 Å². The topological polar surface area (TPSA) is 103 Å². The maximum atomic E-state index is 13.4. The summed E-state index contributed by atoms with van der Waals surface area (Å²) in [5.41, 5.74) is 1.10. The summed E-state index contributed by atoms with van der Waals surface area (Å²) in [6.45, 7) is 0.922. The van der Waals surface area contributed by atoms with Gasteiger partial charge in [-0.2, -0.15) is 0 Å². The van der Waals surface area contributed by atoms with Crippen molar-refractivity contribution in [2.45, 2.75) is 19.0 Å². The number of benzene rings is 3. The molecule has 1 saturated heterocycles. The van der Waals surface area contributed by atoms with Gasteiger partial charge in [0.1, 0.15) is 11.5 Å². The van der Waals surface area contributed by atoms with E-state index in [9.17, 15) is 14.7 Å². The number of rotatable bonds is 9. The van der Waals surface area contributed by atoms with Gasteiger partial charge in [0.05, 0.1) is 39.3 Å². The van der Waals surface area contributed by atoms with Gasteiger partial charge in [-0.3, -0.25) is 9.59 Å². The molecule has 2 heterocycles. The second-order valence-corrected chi connectivity index (χ2v) is 9.19. The fourth-order valence-electron chi connectivity index (χ4n) is 4.98. The number of aliphatic hydroxyl groups excluding tert-OH is 1. The predicted octanol–water partition coefficient (Wildman–Crippen LogP) is 4.57. The second kappa shape index (κ2) is 10.9. The lowest BCUT2D eigenvalue weighted by Crippen LogP contribution is -2.31. The number of aliphatic hydroxyl groups is 1. The number of aryl methyl sites for hydroxylation is 1. The van der Waals surface area contributed by atoms with Crippen LogP contribution in [0.25, 0.3) is 16.5 Å². The minimum Gasteiger partial charge on any atom is -0.507 e. The van der Waals surface area contributed by atoms with Crippen LogP contribution >= 0.6 is 0 Å². The molecule has 1 aliphatic rings. The molecule has 0 radical (unpaired) electrons. The van der Waals surface area contributed by atoms with Crippen molar-refractivity contribution >= 4 is 28.2 Å². The van der Waals surface area contributed by atoms with E-state index in [1.54, 1.807) is 50.0 Å². The Hall–Kier alpha value is -4.79. The lowest BCUT2D eigenvalue weighted by atomic mass is 9.94. The molecule has 0 saturated carbocycles. The molecule has 1 aliphatic heterocycles. The highest BCUT2D eigenvalue weighted by molar-refractivity contribution is 6.46. The molecule has 0 aliphatic carbocycles. The summed E-state index contributed by atoms with van der Waals surface area (Å²) in [5.74, 6) is 0.0661. The number of hydrogen-bond donors (Lipinski definition) is 1. The average molecular weight is 528 g/mol. The first kappa shape index (κ1) is 25.8. The number of carbonyl (C=O) groups excluding carboxylic acids is 2. The first-order valence-electron chi connectivity index (χ1n) is 12.5.